The summed E-state index contributed by atoms with van der Waals surface area (Å²) in [7, 11) is 0. The molecule has 1 heterocycles. The van der Waals surface area contributed by atoms with E-state index in [0.717, 1.165) is 15.7 Å². The Morgan fingerprint density at radius 2 is 2.11 bits per heavy atom. The zero-order chi connectivity index (χ0) is 13.1. The van der Waals surface area contributed by atoms with Crippen LogP contribution < -0.4 is 10.5 Å². The highest BCUT2D eigenvalue weighted by molar-refractivity contribution is 9.10. The highest BCUT2D eigenvalue weighted by Gasteiger charge is 2.06. The van der Waals surface area contributed by atoms with Crippen LogP contribution in [0.15, 0.2) is 34.8 Å². The fourth-order valence-electron chi connectivity index (χ4n) is 1.51. The first-order valence-electron chi connectivity index (χ1n) is 5.39. The zero-order valence-electron chi connectivity index (χ0n) is 9.78. The van der Waals surface area contributed by atoms with Crippen molar-refractivity contribution in [3.05, 3.63) is 51.1 Å². The zero-order valence-corrected chi connectivity index (χ0v) is 12.1. The first-order valence-corrected chi connectivity index (χ1v) is 6.56. The molecule has 0 aliphatic heterocycles. The molecule has 2 rings (SSSR count). The topological polar surface area (TPSA) is 48.1 Å². The number of halogens is 2. The molecule has 0 aliphatic rings. The lowest BCUT2D eigenvalue weighted by Gasteiger charge is -2.09. The second kappa shape index (κ2) is 5.69. The van der Waals surface area contributed by atoms with Crippen molar-refractivity contribution < 1.29 is 4.74 Å². The van der Waals surface area contributed by atoms with Crippen LogP contribution >= 0.6 is 27.5 Å². The average molecular weight is 328 g/mol. The standard InChI is InChI=1S/C13H12BrClN2O/c1-8-9(7-16)2-5-13(17-8)18-12-4-3-10(14)6-11(12)15/h2-6H,7,16H2,1H3. The summed E-state index contributed by atoms with van der Waals surface area (Å²) in [4.78, 5) is 4.33. The summed E-state index contributed by atoms with van der Waals surface area (Å²) in [5.41, 5.74) is 7.45. The van der Waals surface area contributed by atoms with Gasteiger partial charge in [-0.3, -0.25) is 0 Å². The predicted octanol–water partition coefficient (Wildman–Crippen LogP) is 4.06. The maximum atomic E-state index is 6.07. The number of hydrogen-bond acceptors (Lipinski definition) is 3. The van der Waals surface area contributed by atoms with E-state index in [1.54, 1.807) is 18.2 Å². The molecule has 18 heavy (non-hydrogen) atoms. The summed E-state index contributed by atoms with van der Waals surface area (Å²) in [5.74, 6) is 1.08. The first-order chi connectivity index (χ1) is 8.60. The molecule has 0 radical (unpaired) electrons. The number of pyridine rings is 1. The Hall–Kier alpha value is -1.10. The van der Waals surface area contributed by atoms with Crippen LogP contribution in [0.3, 0.4) is 0 Å². The summed E-state index contributed by atoms with van der Waals surface area (Å²) in [6, 6.07) is 9.12. The van der Waals surface area contributed by atoms with Gasteiger partial charge in [0, 0.05) is 22.8 Å². The SMILES string of the molecule is Cc1nc(Oc2ccc(Br)cc2Cl)ccc1CN. The smallest absolute Gasteiger partial charge is 0.219 e. The van der Waals surface area contributed by atoms with Crippen molar-refractivity contribution in [1.29, 1.82) is 0 Å². The fraction of sp³-hybridized carbons (Fsp3) is 0.154. The molecule has 3 nitrogen and oxygen atoms in total. The van der Waals surface area contributed by atoms with Gasteiger partial charge in [0.1, 0.15) is 5.75 Å². The lowest BCUT2D eigenvalue weighted by atomic mass is 10.2. The molecule has 0 saturated heterocycles. The van der Waals surface area contributed by atoms with Crippen LogP contribution in [0, 0.1) is 6.92 Å². The monoisotopic (exact) mass is 326 g/mol. The van der Waals surface area contributed by atoms with E-state index in [1.807, 2.05) is 19.1 Å². The fourth-order valence-corrected chi connectivity index (χ4v) is 2.22. The van der Waals surface area contributed by atoms with Gasteiger partial charge in [0.2, 0.25) is 5.88 Å². The van der Waals surface area contributed by atoms with Crippen LogP contribution in [0.1, 0.15) is 11.3 Å². The van der Waals surface area contributed by atoms with Gasteiger partial charge in [-0.2, -0.15) is 0 Å². The molecule has 94 valence electrons. The number of rotatable bonds is 3. The van der Waals surface area contributed by atoms with Crippen molar-refractivity contribution in [3.8, 4) is 11.6 Å². The maximum Gasteiger partial charge on any atom is 0.219 e. The molecule has 0 spiro atoms. The second-order valence-electron chi connectivity index (χ2n) is 3.77. The van der Waals surface area contributed by atoms with Gasteiger partial charge in [-0.1, -0.05) is 33.6 Å². The van der Waals surface area contributed by atoms with E-state index < -0.39 is 0 Å². The summed E-state index contributed by atoms with van der Waals surface area (Å²) in [6.07, 6.45) is 0. The Labute approximate surface area is 119 Å². The minimum Gasteiger partial charge on any atom is -0.437 e. The third-order valence-corrected chi connectivity index (χ3v) is 3.29. The van der Waals surface area contributed by atoms with Gasteiger partial charge in [0.05, 0.1) is 5.02 Å². The number of benzene rings is 1. The molecule has 0 aliphatic carbocycles. The molecule has 0 unspecified atom stereocenters. The third kappa shape index (κ3) is 3.02. The Morgan fingerprint density at radius 1 is 1.33 bits per heavy atom. The molecular weight excluding hydrogens is 316 g/mol. The normalized spacial score (nSPS) is 10.4. The van der Waals surface area contributed by atoms with Gasteiger partial charge in [-0.25, -0.2) is 4.98 Å². The molecule has 5 heteroatoms. The lowest BCUT2D eigenvalue weighted by Crippen LogP contribution is -2.01. The Balaban J connectivity index is 2.26. The number of aromatic nitrogens is 1. The van der Waals surface area contributed by atoms with Crippen molar-refractivity contribution in [2.24, 2.45) is 5.73 Å². The van der Waals surface area contributed by atoms with Crippen LogP contribution in [0.5, 0.6) is 11.6 Å². The first kappa shape index (κ1) is 13.3. The Morgan fingerprint density at radius 3 is 2.72 bits per heavy atom. The number of aryl methyl sites for hydroxylation is 1. The highest BCUT2D eigenvalue weighted by atomic mass is 79.9. The quantitative estimate of drug-likeness (QED) is 0.925. The molecule has 0 atom stereocenters. The largest absolute Gasteiger partial charge is 0.437 e. The van der Waals surface area contributed by atoms with E-state index in [1.165, 1.54) is 0 Å². The van der Waals surface area contributed by atoms with Crippen LogP contribution in [0.25, 0.3) is 0 Å². The summed E-state index contributed by atoms with van der Waals surface area (Å²) in [6.45, 7) is 2.37. The minimum atomic E-state index is 0.470. The molecule has 0 amide bonds. The Kier molecular flexibility index (Phi) is 4.22. The third-order valence-electron chi connectivity index (χ3n) is 2.50. The summed E-state index contributed by atoms with van der Waals surface area (Å²) >= 11 is 9.42. The van der Waals surface area contributed by atoms with Crippen LogP contribution in [-0.4, -0.2) is 4.98 Å². The van der Waals surface area contributed by atoms with E-state index in [2.05, 4.69) is 20.9 Å². The molecule has 2 N–H and O–H groups in total. The van der Waals surface area contributed by atoms with E-state index in [0.29, 0.717) is 23.2 Å². The van der Waals surface area contributed by atoms with Gasteiger partial charge in [0.15, 0.2) is 0 Å². The van der Waals surface area contributed by atoms with E-state index in [-0.39, 0.29) is 0 Å². The van der Waals surface area contributed by atoms with Gasteiger partial charge < -0.3 is 10.5 Å². The molecule has 0 fully saturated rings. The average Bonchev–Trinajstić information content (AvgIpc) is 2.33. The van der Waals surface area contributed by atoms with E-state index in [4.69, 9.17) is 22.1 Å². The van der Waals surface area contributed by atoms with Crippen molar-refractivity contribution in [1.82, 2.24) is 4.98 Å². The molecule has 0 bridgehead atoms. The number of ether oxygens (including phenoxy) is 1. The van der Waals surface area contributed by atoms with Gasteiger partial charge >= 0.3 is 0 Å². The number of hydrogen-bond donors (Lipinski definition) is 1. The van der Waals surface area contributed by atoms with E-state index in [9.17, 15) is 0 Å². The van der Waals surface area contributed by atoms with Gasteiger partial charge in [-0.05, 0) is 30.7 Å². The van der Waals surface area contributed by atoms with Crippen LogP contribution in [0.2, 0.25) is 5.02 Å². The molecule has 1 aromatic heterocycles. The maximum absolute atomic E-state index is 6.07. The number of nitrogens with zero attached hydrogens (tertiary/aromatic N) is 1. The summed E-state index contributed by atoms with van der Waals surface area (Å²) < 4.78 is 6.54. The van der Waals surface area contributed by atoms with Gasteiger partial charge in [-0.15, -0.1) is 0 Å². The minimum absolute atomic E-state index is 0.470. The van der Waals surface area contributed by atoms with Gasteiger partial charge in [0.25, 0.3) is 0 Å². The van der Waals surface area contributed by atoms with Crippen molar-refractivity contribution in [2.45, 2.75) is 13.5 Å². The lowest BCUT2D eigenvalue weighted by molar-refractivity contribution is 0.461. The molecular formula is C13H12BrClN2O. The Bertz CT molecular complexity index is 575. The molecule has 0 saturated carbocycles. The van der Waals surface area contributed by atoms with Crippen molar-refractivity contribution in [2.75, 3.05) is 0 Å². The summed E-state index contributed by atoms with van der Waals surface area (Å²) in [5, 5.41) is 0.534. The number of nitrogens with two attached hydrogens (primary N) is 1. The second-order valence-corrected chi connectivity index (χ2v) is 5.10. The van der Waals surface area contributed by atoms with Crippen molar-refractivity contribution >= 4 is 27.5 Å². The molecule has 2 aromatic rings. The van der Waals surface area contributed by atoms with Crippen molar-refractivity contribution in [3.63, 3.8) is 0 Å². The van der Waals surface area contributed by atoms with E-state index >= 15 is 0 Å². The molecule has 1 aromatic carbocycles. The van der Waals surface area contributed by atoms with Crippen LogP contribution in [0.4, 0.5) is 0 Å². The van der Waals surface area contributed by atoms with Crippen LogP contribution in [-0.2, 0) is 6.54 Å². The highest BCUT2D eigenvalue weighted by Crippen LogP contribution is 2.31. The predicted molar refractivity (Wildman–Crippen MR) is 76.1 cm³/mol.